The van der Waals surface area contributed by atoms with Crippen LogP contribution in [-0.2, 0) is 24.8 Å². The molecule has 3 aromatic rings. The fraction of sp³-hybridized carbons (Fsp3) is 0.286. The van der Waals surface area contributed by atoms with Crippen LogP contribution in [0.3, 0.4) is 0 Å². The zero-order valence-electron chi connectivity index (χ0n) is 17.5. The van der Waals surface area contributed by atoms with E-state index >= 15 is 0 Å². The van der Waals surface area contributed by atoms with Crippen LogP contribution in [0.5, 0.6) is 5.75 Å². The highest BCUT2D eigenvalue weighted by Gasteiger charge is 2.20. The predicted octanol–water partition coefficient (Wildman–Crippen LogP) is 0.794. The summed E-state index contributed by atoms with van der Waals surface area (Å²) >= 11 is 0. The summed E-state index contributed by atoms with van der Waals surface area (Å²) in [5.41, 5.74) is 5.49. The number of anilines is 1. The van der Waals surface area contributed by atoms with Gasteiger partial charge < -0.3 is 15.8 Å². The van der Waals surface area contributed by atoms with Crippen LogP contribution >= 0.6 is 0 Å². The second-order valence-corrected chi connectivity index (χ2v) is 6.82. The van der Waals surface area contributed by atoms with E-state index in [1.165, 1.54) is 35.9 Å². The van der Waals surface area contributed by atoms with E-state index in [0.29, 0.717) is 30.0 Å². The van der Waals surface area contributed by atoms with E-state index in [4.69, 9.17) is 10.5 Å². The van der Waals surface area contributed by atoms with Gasteiger partial charge in [-0.3, -0.25) is 19.0 Å². The Morgan fingerprint density at radius 3 is 2.42 bits per heavy atom. The van der Waals surface area contributed by atoms with Gasteiger partial charge in [0.1, 0.15) is 17.7 Å². The largest absolute Gasteiger partial charge is 0.493 e. The number of benzene rings is 1. The van der Waals surface area contributed by atoms with Crippen LogP contribution in [0.15, 0.2) is 40.1 Å². The molecule has 0 saturated heterocycles. The van der Waals surface area contributed by atoms with Crippen molar-refractivity contribution >= 4 is 28.5 Å². The molecule has 10 heteroatoms. The minimum Gasteiger partial charge on any atom is -0.493 e. The number of nitrogens with two attached hydrogens (primary N) is 1. The molecule has 0 aliphatic heterocycles. The SMILES string of the molecule is CCOc1c(CC)cnc2c1c(=O)n(CC(=O)Nc1ccc(C(N)=O)cc1)c(=O)n2C. The van der Waals surface area contributed by atoms with Crippen molar-refractivity contribution in [3.05, 3.63) is 62.4 Å². The third-order valence-electron chi connectivity index (χ3n) is 4.80. The first-order chi connectivity index (χ1) is 14.8. The van der Waals surface area contributed by atoms with E-state index in [1.807, 2.05) is 6.92 Å². The lowest BCUT2D eigenvalue weighted by Gasteiger charge is -2.15. The van der Waals surface area contributed by atoms with Crippen LogP contribution in [0.4, 0.5) is 5.69 Å². The summed E-state index contributed by atoms with van der Waals surface area (Å²) in [5, 5.41) is 2.75. The Labute approximate surface area is 177 Å². The molecule has 0 atom stereocenters. The number of aromatic nitrogens is 3. The van der Waals surface area contributed by atoms with Gasteiger partial charge in [-0.05, 0) is 37.6 Å². The number of fused-ring (bicyclic) bond motifs is 1. The minimum absolute atomic E-state index is 0.155. The maximum Gasteiger partial charge on any atom is 0.332 e. The summed E-state index contributed by atoms with van der Waals surface area (Å²) in [7, 11) is 1.48. The molecule has 0 saturated carbocycles. The first-order valence-electron chi connectivity index (χ1n) is 9.72. The van der Waals surface area contributed by atoms with Gasteiger partial charge >= 0.3 is 5.69 Å². The van der Waals surface area contributed by atoms with Gasteiger partial charge in [-0.1, -0.05) is 6.92 Å². The predicted molar refractivity (Wildman–Crippen MR) is 115 cm³/mol. The average molecular weight is 425 g/mol. The highest BCUT2D eigenvalue weighted by molar-refractivity contribution is 5.94. The normalized spacial score (nSPS) is 10.8. The Kier molecular flexibility index (Phi) is 6.19. The zero-order chi connectivity index (χ0) is 22.7. The molecule has 10 nitrogen and oxygen atoms in total. The number of nitrogens with one attached hydrogen (secondary N) is 1. The molecule has 0 aliphatic rings. The summed E-state index contributed by atoms with van der Waals surface area (Å²) in [6.45, 7) is 3.53. The van der Waals surface area contributed by atoms with Gasteiger partial charge in [-0.25, -0.2) is 14.3 Å². The van der Waals surface area contributed by atoms with E-state index in [1.54, 1.807) is 13.1 Å². The smallest absolute Gasteiger partial charge is 0.332 e. The topological polar surface area (TPSA) is 138 Å². The zero-order valence-corrected chi connectivity index (χ0v) is 17.5. The molecule has 0 spiro atoms. The number of primary amides is 1. The van der Waals surface area contributed by atoms with Crippen molar-refractivity contribution in [1.82, 2.24) is 14.1 Å². The third kappa shape index (κ3) is 4.18. The first-order valence-corrected chi connectivity index (χ1v) is 9.72. The summed E-state index contributed by atoms with van der Waals surface area (Å²) in [6.07, 6.45) is 2.17. The fourth-order valence-corrected chi connectivity index (χ4v) is 3.23. The molecule has 3 N–H and O–H groups in total. The molecule has 0 aliphatic carbocycles. The van der Waals surface area contributed by atoms with Crippen molar-refractivity contribution in [3.8, 4) is 5.75 Å². The Morgan fingerprint density at radius 2 is 1.84 bits per heavy atom. The number of aryl methyl sites for hydroxylation is 2. The fourth-order valence-electron chi connectivity index (χ4n) is 3.23. The second kappa shape index (κ2) is 8.82. The number of carbonyl (C=O) groups excluding carboxylic acids is 2. The molecule has 0 unspecified atom stereocenters. The van der Waals surface area contributed by atoms with Crippen LogP contribution < -0.4 is 27.0 Å². The number of hydrogen-bond acceptors (Lipinski definition) is 6. The van der Waals surface area contributed by atoms with Gasteiger partial charge in [0, 0.05) is 30.1 Å². The molecular weight excluding hydrogens is 402 g/mol. The Hall–Kier alpha value is -3.95. The maximum atomic E-state index is 13.2. The molecule has 31 heavy (non-hydrogen) atoms. The van der Waals surface area contributed by atoms with Gasteiger partial charge in [0.05, 0.1) is 6.61 Å². The molecule has 0 radical (unpaired) electrons. The van der Waals surface area contributed by atoms with Gasteiger partial charge in [0.25, 0.3) is 5.56 Å². The number of rotatable bonds is 7. The Balaban J connectivity index is 2.02. The summed E-state index contributed by atoms with van der Waals surface area (Å²) in [6, 6.07) is 5.94. The van der Waals surface area contributed by atoms with Crippen LogP contribution in [0.1, 0.15) is 29.8 Å². The molecule has 2 amide bonds. The molecule has 0 fully saturated rings. The second-order valence-electron chi connectivity index (χ2n) is 6.82. The summed E-state index contributed by atoms with van der Waals surface area (Å²) in [5.74, 6) is -0.802. The highest BCUT2D eigenvalue weighted by atomic mass is 16.5. The van der Waals surface area contributed by atoms with Crippen LogP contribution in [0.25, 0.3) is 11.0 Å². The van der Waals surface area contributed by atoms with E-state index < -0.39 is 29.6 Å². The molecular formula is C21H23N5O5. The number of hydrogen-bond donors (Lipinski definition) is 2. The van der Waals surface area contributed by atoms with E-state index in [0.717, 1.165) is 10.1 Å². The van der Waals surface area contributed by atoms with Crippen molar-refractivity contribution in [1.29, 1.82) is 0 Å². The monoisotopic (exact) mass is 425 g/mol. The van der Waals surface area contributed by atoms with E-state index in [9.17, 15) is 19.2 Å². The standard InChI is InChI=1S/C21H23N5O5/c1-4-12-10-23-19-16(17(12)31-5-2)20(29)26(21(30)25(19)3)11-15(27)24-14-8-6-13(7-9-14)18(22)28/h6-10H,4-5,11H2,1-3H3,(H2,22,28)(H,24,27). The molecule has 2 heterocycles. The molecule has 162 valence electrons. The molecule has 1 aromatic carbocycles. The number of carbonyl (C=O) groups is 2. The number of amides is 2. The van der Waals surface area contributed by atoms with E-state index in [-0.39, 0.29) is 11.0 Å². The summed E-state index contributed by atoms with van der Waals surface area (Å²) < 4.78 is 7.76. The quantitative estimate of drug-likeness (QED) is 0.574. The molecule has 2 aromatic heterocycles. The van der Waals surface area contributed by atoms with E-state index in [2.05, 4.69) is 10.3 Å². The lowest BCUT2D eigenvalue weighted by Crippen LogP contribution is -2.42. The van der Waals surface area contributed by atoms with Gasteiger partial charge in [0.15, 0.2) is 5.65 Å². The maximum absolute atomic E-state index is 13.2. The lowest BCUT2D eigenvalue weighted by molar-refractivity contribution is -0.116. The summed E-state index contributed by atoms with van der Waals surface area (Å²) in [4.78, 5) is 53.9. The lowest BCUT2D eigenvalue weighted by atomic mass is 10.1. The Morgan fingerprint density at radius 1 is 1.16 bits per heavy atom. The van der Waals surface area contributed by atoms with Crippen LogP contribution in [0, 0.1) is 0 Å². The third-order valence-corrected chi connectivity index (χ3v) is 4.80. The van der Waals surface area contributed by atoms with Crippen molar-refractivity contribution in [2.45, 2.75) is 26.8 Å². The number of nitrogens with zero attached hydrogens (tertiary/aromatic N) is 3. The van der Waals surface area contributed by atoms with Crippen LogP contribution in [0.2, 0.25) is 0 Å². The molecule has 0 bridgehead atoms. The van der Waals surface area contributed by atoms with Gasteiger partial charge in [-0.2, -0.15) is 0 Å². The number of pyridine rings is 1. The van der Waals surface area contributed by atoms with Crippen molar-refractivity contribution in [2.75, 3.05) is 11.9 Å². The minimum atomic E-state index is -0.670. The molecule has 3 rings (SSSR count). The van der Waals surface area contributed by atoms with Crippen molar-refractivity contribution in [3.63, 3.8) is 0 Å². The Bertz CT molecular complexity index is 1270. The first kappa shape index (κ1) is 21.8. The van der Waals surface area contributed by atoms with Gasteiger partial charge in [-0.15, -0.1) is 0 Å². The van der Waals surface area contributed by atoms with Crippen molar-refractivity contribution < 1.29 is 14.3 Å². The average Bonchev–Trinajstić information content (AvgIpc) is 2.75. The van der Waals surface area contributed by atoms with Crippen LogP contribution in [-0.4, -0.2) is 32.5 Å². The van der Waals surface area contributed by atoms with Crippen molar-refractivity contribution in [2.24, 2.45) is 12.8 Å². The highest BCUT2D eigenvalue weighted by Crippen LogP contribution is 2.25. The number of ether oxygens (including phenoxy) is 1. The van der Waals surface area contributed by atoms with Gasteiger partial charge in [0.2, 0.25) is 11.8 Å².